The van der Waals surface area contributed by atoms with E-state index in [0.29, 0.717) is 11.5 Å². The molecule has 0 aliphatic heterocycles. The van der Waals surface area contributed by atoms with Crippen molar-refractivity contribution in [1.82, 2.24) is 4.98 Å². The van der Waals surface area contributed by atoms with Crippen molar-refractivity contribution >= 4 is 17.2 Å². The first-order chi connectivity index (χ1) is 8.19. The van der Waals surface area contributed by atoms with Gasteiger partial charge in [-0.05, 0) is 36.7 Å². The van der Waals surface area contributed by atoms with Gasteiger partial charge in [0.2, 0.25) is 0 Å². The minimum atomic E-state index is 0.368. The number of aryl methyl sites for hydroxylation is 2. The molecular formula is C13H13N3O. The Balaban J connectivity index is 2.27. The van der Waals surface area contributed by atoms with Crippen molar-refractivity contribution in [3.63, 3.8) is 0 Å². The fraction of sp³-hybridized carbons (Fsp3) is 0.154. The van der Waals surface area contributed by atoms with E-state index in [1.54, 1.807) is 18.3 Å². The highest BCUT2D eigenvalue weighted by Crippen LogP contribution is 2.22. The minimum absolute atomic E-state index is 0.368. The first-order valence-electron chi connectivity index (χ1n) is 5.33. The third-order valence-corrected chi connectivity index (χ3v) is 2.49. The van der Waals surface area contributed by atoms with Crippen LogP contribution in [0.1, 0.15) is 11.1 Å². The number of aromatic nitrogens is 1. The highest BCUT2D eigenvalue weighted by atomic mass is 16.3. The predicted molar refractivity (Wildman–Crippen MR) is 68.9 cm³/mol. The molecule has 1 heterocycles. The number of nitroso groups, excluding NO2 is 1. The molecule has 4 nitrogen and oxygen atoms in total. The number of hydrogen-bond acceptors (Lipinski definition) is 4. The molecule has 1 N–H and O–H groups in total. The van der Waals surface area contributed by atoms with E-state index in [-0.39, 0.29) is 0 Å². The SMILES string of the molecule is Cc1ccc(Nc2cc(N=O)ccn2)c(C)c1. The summed E-state index contributed by atoms with van der Waals surface area (Å²) in [6.07, 6.45) is 1.56. The Labute approximate surface area is 99.7 Å². The molecule has 0 saturated heterocycles. The van der Waals surface area contributed by atoms with Crippen LogP contribution in [0.4, 0.5) is 17.2 Å². The predicted octanol–water partition coefficient (Wildman–Crippen LogP) is 3.84. The van der Waals surface area contributed by atoms with E-state index < -0.39 is 0 Å². The maximum absolute atomic E-state index is 10.4. The zero-order valence-electron chi connectivity index (χ0n) is 9.77. The lowest BCUT2D eigenvalue weighted by atomic mass is 10.1. The van der Waals surface area contributed by atoms with Gasteiger partial charge in [0, 0.05) is 18.0 Å². The van der Waals surface area contributed by atoms with Crippen molar-refractivity contribution in [2.75, 3.05) is 5.32 Å². The Hall–Kier alpha value is -2.23. The molecule has 0 spiro atoms. The topological polar surface area (TPSA) is 54.4 Å². The summed E-state index contributed by atoms with van der Waals surface area (Å²) in [6, 6.07) is 9.29. The van der Waals surface area contributed by atoms with Gasteiger partial charge in [-0.25, -0.2) is 4.98 Å². The van der Waals surface area contributed by atoms with Crippen LogP contribution in [-0.4, -0.2) is 4.98 Å². The summed E-state index contributed by atoms with van der Waals surface area (Å²) in [6.45, 7) is 4.07. The van der Waals surface area contributed by atoms with Gasteiger partial charge in [-0.2, -0.15) is 0 Å². The summed E-state index contributed by atoms with van der Waals surface area (Å²) in [5, 5.41) is 6.04. The van der Waals surface area contributed by atoms with Gasteiger partial charge < -0.3 is 5.32 Å². The standard InChI is InChI=1S/C13H13N3O/c1-9-3-4-12(10(2)7-9)15-13-8-11(16-17)5-6-14-13/h3-8H,1-2H3,(H,14,15). The van der Waals surface area contributed by atoms with E-state index in [4.69, 9.17) is 0 Å². The van der Waals surface area contributed by atoms with E-state index in [1.807, 2.05) is 26.0 Å². The van der Waals surface area contributed by atoms with Crippen LogP contribution >= 0.6 is 0 Å². The summed E-state index contributed by atoms with van der Waals surface area (Å²) in [5.41, 5.74) is 3.69. The summed E-state index contributed by atoms with van der Waals surface area (Å²) < 4.78 is 0. The lowest BCUT2D eigenvalue weighted by Gasteiger charge is -2.09. The second-order valence-corrected chi connectivity index (χ2v) is 3.93. The number of rotatable bonds is 3. The monoisotopic (exact) mass is 227 g/mol. The van der Waals surface area contributed by atoms with E-state index in [9.17, 15) is 4.91 Å². The number of hydrogen-bond donors (Lipinski definition) is 1. The Morgan fingerprint density at radius 1 is 1.18 bits per heavy atom. The highest BCUT2D eigenvalue weighted by Gasteiger charge is 2.01. The van der Waals surface area contributed by atoms with Crippen molar-refractivity contribution in [3.05, 3.63) is 52.6 Å². The maximum atomic E-state index is 10.4. The molecule has 4 heteroatoms. The molecule has 0 saturated carbocycles. The first kappa shape index (κ1) is 11.3. The summed E-state index contributed by atoms with van der Waals surface area (Å²) >= 11 is 0. The number of nitrogens with zero attached hydrogens (tertiary/aromatic N) is 2. The lowest BCUT2D eigenvalue weighted by molar-refractivity contribution is 1.28. The average Bonchev–Trinajstić information content (AvgIpc) is 2.33. The second-order valence-electron chi connectivity index (χ2n) is 3.93. The van der Waals surface area contributed by atoms with Crippen molar-refractivity contribution in [2.24, 2.45) is 5.18 Å². The molecule has 0 aliphatic carbocycles. The summed E-state index contributed by atoms with van der Waals surface area (Å²) in [7, 11) is 0. The van der Waals surface area contributed by atoms with Crippen molar-refractivity contribution in [3.8, 4) is 0 Å². The van der Waals surface area contributed by atoms with Crippen LogP contribution in [-0.2, 0) is 0 Å². The zero-order chi connectivity index (χ0) is 12.3. The van der Waals surface area contributed by atoms with Crippen molar-refractivity contribution in [1.29, 1.82) is 0 Å². The molecule has 1 aromatic carbocycles. The molecule has 0 aliphatic rings. The van der Waals surface area contributed by atoms with Gasteiger partial charge in [-0.15, -0.1) is 4.91 Å². The Morgan fingerprint density at radius 3 is 2.71 bits per heavy atom. The third kappa shape index (κ3) is 2.66. The fourth-order valence-corrected chi connectivity index (χ4v) is 1.64. The van der Waals surface area contributed by atoms with Crippen LogP contribution in [0.15, 0.2) is 41.7 Å². The Bertz CT molecular complexity index is 552. The van der Waals surface area contributed by atoms with Gasteiger partial charge in [0.05, 0.1) is 0 Å². The van der Waals surface area contributed by atoms with Gasteiger partial charge in [0.25, 0.3) is 0 Å². The van der Waals surface area contributed by atoms with Gasteiger partial charge in [0.1, 0.15) is 11.5 Å². The van der Waals surface area contributed by atoms with E-state index in [1.165, 1.54) is 5.56 Å². The molecule has 2 aromatic rings. The number of anilines is 2. The molecule has 0 bridgehead atoms. The van der Waals surface area contributed by atoms with Crippen LogP contribution < -0.4 is 5.32 Å². The van der Waals surface area contributed by atoms with Crippen molar-refractivity contribution < 1.29 is 0 Å². The molecule has 17 heavy (non-hydrogen) atoms. The van der Waals surface area contributed by atoms with Crippen LogP contribution in [0.2, 0.25) is 0 Å². The molecule has 0 unspecified atom stereocenters. The Morgan fingerprint density at radius 2 is 2.00 bits per heavy atom. The van der Waals surface area contributed by atoms with Gasteiger partial charge in [-0.3, -0.25) is 0 Å². The maximum Gasteiger partial charge on any atom is 0.132 e. The number of nitrogens with one attached hydrogen (secondary N) is 1. The van der Waals surface area contributed by atoms with Crippen LogP contribution in [0.3, 0.4) is 0 Å². The molecule has 86 valence electrons. The quantitative estimate of drug-likeness (QED) is 0.810. The molecule has 0 atom stereocenters. The lowest BCUT2D eigenvalue weighted by Crippen LogP contribution is -1.95. The van der Waals surface area contributed by atoms with Gasteiger partial charge in [-0.1, -0.05) is 17.7 Å². The normalized spacial score (nSPS) is 10.0. The smallest absolute Gasteiger partial charge is 0.132 e. The first-order valence-corrected chi connectivity index (χ1v) is 5.33. The zero-order valence-corrected chi connectivity index (χ0v) is 9.77. The molecule has 0 amide bonds. The van der Waals surface area contributed by atoms with E-state index >= 15 is 0 Å². The number of pyridine rings is 1. The fourth-order valence-electron chi connectivity index (χ4n) is 1.64. The van der Waals surface area contributed by atoms with Gasteiger partial charge in [0.15, 0.2) is 0 Å². The molecule has 1 aromatic heterocycles. The Kier molecular flexibility index (Phi) is 3.14. The summed E-state index contributed by atoms with van der Waals surface area (Å²) in [4.78, 5) is 14.6. The number of benzene rings is 1. The summed E-state index contributed by atoms with van der Waals surface area (Å²) in [5.74, 6) is 0.619. The minimum Gasteiger partial charge on any atom is -0.340 e. The average molecular weight is 227 g/mol. The second kappa shape index (κ2) is 4.74. The van der Waals surface area contributed by atoms with Crippen molar-refractivity contribution in [2.45, 2.75) is 13.8 Å². The highest BCUT2D eigenvalue weighted by molar-refractivity contribution is 5.62. The molecule has 2 rings (SSSR count). The largest absolute Gasteiger partial charge is 0.340 e. The van der Waals surface area contributed by atoms with E-state index in [2.05, 4.69) is 21.5 Å². The van der Waals surface area contributed by atoms with Gasteiger partial charge >= 0.3 is 0 Å². The third-order valence-electron chi connectivity index (χ3n) is 2.49. The molecule has 0 fully saturated rings. The van der Waals surface area contributed by atoms with Crippen LogP contribution in [0.5, 0.6) is 0 Å². The van der Waals surface area contributed by atoms with Crippen LogP contribution in [0, 0.1) is 18.8 Å². The van der Waals surface area contributed by atoms with Crippen LogP contribution in [0.25, 0.3) is 0 Å². The molecule has 0 radical (unpaired) electrons. The molecular weight excluding hydrogens is 214 g/mol. The van der Waals surface area contributed by atoms with E-state index in [0.717, 1.165) is 11.3 Å².